The molecule has 0 N–H and O–H groups in total. The third kappa shape index (κ3) is 2.54. The van der Waals surface area contributed by atoms with E-state index in [9.17, 15) is 0 Å². The lowest BCUT2D eigenvalue weighted by molar-refractivity contribution is 0.441. The predicted octanol–water partition coefficient (Wildman–Crippen LogP) is 6.36. The maximum absolute atomic E-state index is 5.19. The van der Waals surface area contributed by atoms with Gasteiger partial charge >= 0.3 is 0 Å². The molecule has 0 amide bonds. The van der Waals surface area contributed by atoms with Crippen LogP contribution in [0.3, 0.4) is 0 Å². The molecule has 2 aromatic heterocycles. The van der Waals surface area contributed by atoms with Crippen LogP contribution in [0.2, 0.25) is 0 Å². The maximum atomic E-state index is 5.19. The van der Waals surface area contributed by atoms with Crippen LogP contribution in [0, 0.1) is 5.92 Å². The van der Waals surface area contributed by atoms with Gasteiger partial charge in [0.15, 0.2) is 0 Å². The molecule has 0 fully saturated rings. The SMILES string of the molecule is CC[C@H]1CCc2nc3sc4c(c3c(-c3ccccc3)c2C1)CCCC4. The van der Waals surface area contributed by atoms with E-state index in [1.807, 2.05) is 11.3 Å². The normalized spacial score (nSPS) is 19.6. The molecular formula is C23H25NS. The van der Waals surface area contributed by atoms with E-state index in [2.05, 4.69) is 37.3 Å². The van der Waals surface area contributed by atoms with E-state index in [4.69, 9.17) is 4.98 Å². The first-order valence-corrected chi connectivity index (χ1v) is 10.7. The average Bonchev–Trinajstić information content (AvgIpc) is 3.04. The fourth-order valence-electron chi connectivity index (χ4n) is 4.80. The molecule has 0 radical (unpaired) electrons. The molecule has 2 aliphatic carbocycles. The molecule has 128 valence electrons. The van der Waals surface area contributed by atoms with Crippen LogP contribution in [-0.2, 0) is 25.7 Å². The molecule has 1 atom stereocenters. The number of benzene rings is 1. The van der Waals surface area contributed by atoms with Crippen LogP contribution < -0.4 is 0 Å². The van der Waals surface area contributed by atoms with Crippen LogP contribution in [0.25, 0.3) is 21.3 Å². The number of fused-ring (bicyclic) bond motifs is 4. The summed E-state index contributed by atoms with van der Waals surface area (Å²) in [6.45, 7) is 2.34. The van der Waals surface area contributed by atoms with E-state index in [0.717, 1.165) is 12.3 Å². The van der Waals surface area contributed by atoms with Crippen molar-refractivity contribution in [1.29, 1.82) is 0 Å². The van der Waals surface area contributed by atoms with Gasteiger partial charge in [-0.2, -0.15) is 0 Å². The van der Waals surface area contributed by atoms with Crippen LogP contribution in [-0.4, -0.2) is 4.98 Å². The Hall–Kier alpha value is -1.67. The Morgan fingerprint density at radius 1 is 1.04 bits per heavy atom. The standard InChI is InChI=1S/C23H25NS/c1-2-15-12-13-19-18(14-15)21(16-8-4-3-5-9-16)22-17-10-6-7-11-20(17)25-23(22)24-19/h3-5,8-9,15H,2,6-7,10-14H2,1H3/t15-/m0/s1. The van der Waals surface area contributed by atoms with Crippen molar-refractivity contribution < 1.29 is 0 Å². The Morgan fingerprint density at radius 3 is 2.72 bits per heavy atom. The van der Waals surface area contributed by atoms with Gasteiger partial charge in [0, 0.05) is 16.0 Å². The quantitative estimate of drug-likeness (QED) is 0.526. The first-order chi connectivity index (χ1) is 12.3. The van der Waals surface area contributed by atoms with Gasteiger partial charge in [0.2, 0.25) is 0 Å². The number of hydrogen-bond acceptors (Lipinski definition) is 2. The fourth-order valence-corrected chi connectivity index (χ4v) is 6.09. The molecule has 1 nitrogen and oxygen atoms in total. The van der Waals surface area contributed by atoms with Crippen LogP contribution in [0.1, 0.15) is 54.3 Å². The van der Waals surface area contributed by atoms with E-state index in [0.29, 0.717) is 0 Å². The summed E-state index contributed by atoms with van der Waals surface area (Å²) in [7, 11) is 0. The molecule has 2 aliphatic rings. The molecular weight excluding hydrogens is 322 g/mol. The number of hydrogen-bond donors (Lipinski definition) is 0. The lowest BCUT2D eigenvalue weighted by Crippen LogP contribution is -2.16. The first-order valence-electron chi connectivity index (χ1n) is 9.86. The number of nitrogens with zero attached hydrogens (tertiary/aromatic N) is 1. The van der Waals surface area contributed by atoms with Crippen molar-refractivity contribution in [1.82, 2.24) is 4.98 Å². The zero-order valence-corrected chi connectivity index (χ0v) is 15.8. The van der Waals surface area contributed by atoms with Gasteiger partial charge in [0.1, 0.15) is 4.83 Å². The highest BCUT2D eigenvalue weighted by molar-refractivity contribution is 7.19. The Balaban J connectivity index is 1.84. The summed E-state index contributed by atoms with van der Waals surface area (Å²) in [6, 6.07) is 11.1. The molecule has 0 spiro atoms. The minimum absolute atomic E-state index is 0.823. The third-order valence-corrected chi connectivity index (χ3v) is 7.40. The van der Waals surface area contributed by atoms with Crippen molar-refractivity contribution in [2.45, 2.75) is 58.3 Å². The smallest absolute Gasteiger partial charge is 0.124 e. The van der Waals surface area contributed by atoms with Crippen LogP contribution >= 0.6 is 11.3 Å². The summed E-state index contributed by atoms with van der Waals surface area (Å²) in [6.07, 6.45) is 10.1. The number of aryl methyl sites for hydroxylation is 3. The second-order valence-corrected chi connectivity index (χ2v) is 8.77. The van der Waals surface area contributed by atoms with Gasteiger partial charge in [0.05, 0.1) is 0 Å². The zero-order valence-electron chi connectivity index (χ0n) is 15.0. The Bertz CT molecular complexity index is 922. The summed E-state index contributed by atoms with van der Waals surface area (Å²) >= 11 is 1.98. The molecule has 3 aromatic rings. The van der Waals surface area contributed by atoms with E-state index < -0.39 is 0 Å². The molecule has 0 bridgehead atoms. The molecule has 25 heavy (non-hydrogen) atoms. The lowest BCUT2D eigenvalue weighted by Gasteiger charge is -2.26. The molecule has 2 heterocycles. The molecule has 0 unspecified atom stereocenters. The molecule has 1 aromatic carbocycles. The average molecular weight is 348 g/mol. The van der Waals surface area contributed by atoms with Crippen LogP contribution in [0.4, 0.5) is 0 Å². The van der Waals surface area contributed by atoms with E-state index in [1.165, 1.54) is 72.0 Å². The highest BCUT2D eigenvalue weighted by Gasteiger charge is 2.27. The monoisotopic (exact) mass is 347 g/mol. The number of aromatic nitrogens is 1. The maximum Gasteiger partial charge on any atom is 0.124 e. The third-order valence-electron chi connectivity index (χ3n) is 6.21. The fraction of sp³-hybridized carbons (Fsp3) is 0.435. The summed E-state index contributed by atoms with van der Waals surface area (Å²) < 4.78 is 0. The molecule has 5 rings (SSSR count). The number of rotatable bonds is 2. The Kier molecular flexibility index (Phi) is 3.89. The van der Waals surface area contributed by atoms with Gasteiger partial charge in [-0.15, -0.1) is 11.3 Å². The predicted molar refractivity (Wildman–Crippen MR) is 108 cm³/mol. The molecule has 2 heteroatoms. The summed E-state index contributed by atoms with van der Waals surface area (Å²) in [4.78, 5) is 8.11. The van der Waals surface area contributed by atoms with Gasteiger partial charge in [-0.3, -0.25) is 0 Å². The van der Waals surface area contributed by atoms with Crippen LogP contribution in [0.15, 0.2) is 30.3 Å². The number of pyridine rings is 1. The van der Waals surface area contributed by atoms with Crippen LogP contribution in [0.5, 0.6) is 0 Å². The molecule has 0 saturated carbocycles. The van der Waals surface area contributed by atoms with Gasteiger partial charge < -0.3 is 0 Å². The van der Waals surface area contributed by atoms with Crippen molar-refractivity contribution >= 4 is 21.6 Å². The second kappa shape index (κ2) is 6.25. The summed E-state index contributed by atoms with van der Waals surface area (Å²) in [5.41, 5.74) is 7.49. The number of thiophene rings is 1. The van der Waals surface area contributed by atoms with Gasteiger partial charge in [-0.25, -0.2) is 4.98 Å². The van der Waals surface area contributed by atoms with Crippen molar-refractivity contribution in [3.05, 3.63) is 52.0 Å². The minimum atomic E-state index is 0.823. The lowest BCUT2D eigenvalue weighted by atomic mass is 9.80. The van der Waals surface area contributed by atoms with E-state index in [-0.39, 0.29) is 0 Å². The highest BCUT2D eigenvalue weighted by atomic mass is 32.1. The first kappa shape index (κ1) is 15.6. The van der Waals surface area contributed by atoms with Crippen molar-refractivity contribution in [2.75, 3.05) is 0 Å². The van der Waals surface area contributed by atoms with Gasteiger partial charge in [-0.05, 0) is 73.1 Å². The Morgan fingerprint density at radius 2 is 1.88 bits per heavy atom. The van der Waals surface area contributed by atoms with Crippen molar-refractivity contribution in [3.63, 3.8) is 0 Å². The minimum Gasteiger partial charge on any atom is -0.242 e. The second-order valence-electron chi connectivity index (χ2n) is 7.69. The van der Waals surface area contributed by atoms with Crippen molar-refractivity contribution in [3.8, 4) is 11.1 Å². The van der Waals surface area contributed by atoms with E-state index >= 15 is 0 Å². The summed E-state index contributed by atoms with van der Waals surface area (Å²) in [5.74, 6) is 0.823. The zero-order chi connectivity index (χ0) is 16.8. The largest absolute Gasteiger partial charge is 0.242 e. The highest BCUT2D eigenvalue weighted by Crippen LogP contribution is 2.45. The van der Waals surface area contributed by atoms with Gasteiger partial charge in [0.25, 0.3) is 0 Å². The van der Waals surface area contributed by atoms with Crippen molar-refractivity contribution in [2.24, 2.45) is 5.92 Å². The Labute approximate surface area is 154 Å². The van der Waals surface area contributed by atoms with Gasteiger partial charge in [-0.1, -0.05) is 43.7 Å². The molecule has 0 aliphatic heterocycles. The summed E-state index contributed by atoms with van der Waals surface area (Å²) in [5, 5.41) is 1.50. The molecule has 0 saturated heterocycles. The topological polar surface area (TPSA) is 12.9 Å². The van der Waals surface area contributed by atoms with E-state index in [1.54, 1.807) is 16.0 Å².